The van der Waals surface area contributed by atoms with Gasteiger partial charge in [0.15, 0.2) is 0 Å². The molecule has 3 heteroatoms. The summed E-state index contributed by atoms with van der Waals surface area (Å²) in [6.45, 7) is 7.62. The second-order valence-electron chi connectivity index (χ2n) is 3.70. The van der Waals surface area contributed by atoms with Crippen molar-refractivity contribution in [3.8, 4) is 0 Å². The summed E-state index contributed by atoms with van der Waals surface area (Å²) in [7, 11) is 1.40. The van der Waals surface area contributed by atoms with Crippen LogP contribution in [0.5, 0.6) is 0 Å². The highest BCUT2D eigenvalue weighted by molar-refractivity contribution is 5.71. The van der Waals surface area contributed by atoms with E-state index in [0.717, 1.165) is 13.0 Å². The molecule has 3 nitrogen and oxygen atoms in total. The quantitative estimate of drug-likeness (QED) is 0.634. The minimum Gasteiger partial charge on any atom is -0.468 e. The van der Waals surface area contributed by atoms with Gasteiger partial charge in [0.25, 0.3) is 0 Å². The van der Waals surface area contributed by atoms with Crippen LogP contribution in [0.2, 0.25) is 0 Å². The highest BCUT2D eigenvalue weighted by atomic mass is 16.5. The molecule has 0 aliphatic carbocycles. The monoisotopic (exact) mass is 173 g/mol. The second kappa shape index (κ2) is 5.14. The van der Waals surface area contributed by atoms with Gasteiger partial charge >= 0.3 is 5.97 Å². The maximum absolute atomic E-state index is 10.7. The number of ether oxygens (including phenoxy) is 1. The molecule has 1 N–H and O–H groups in total. The van der Waals surface area contributed by atoms with Crippen LogP contribution in [0.1, 0.15) is 27.2 Å². The predicted octanol–water partition coefficient (Wildman–Crippen LogP) is 1.19. The standard InChI is InChI=1S/C9H19NO2/c1-5-9(2,3)7-10-6-8(11)12-4/h10H,5-7H2,1-4H3. The lowest BCUT2D eigenvalue weighted by Crippen LogP contribution is -2.33. The highest BCUT2D eigenvalue weighted by Crippen LogP contribution is 2.17. The van der Waals surface area contributed by atoms with E-state index < -0.39 is 0 Å². The molecule has 0 saturated heterocycles. The molecule has 0 atom stereocenters. The summed E-state index contributed by atoms with van der Waals surface area (Å²) in [6, 6.07) is 0. The van der Waals surface area contributed by atoms with Crippen molar-refractivity contribution < 1.29 is 9.53 Å². The van der Waals surface area contributed by atoms with E-state index in [1.165, 1.54) is 7.11 Å². The fourth-order valence-electron chi connectivity index (χ4n) is 0.700. The molecule has 0 aliphatic rings. The summed E-state index contributed by atoms with van der Waals surface area (Å²) in [4.78, 5) is 10.7. The summed E-state index contributed by atoms with van der Waals surface area (Å²) in [5.41, 5.74) is 0.258. The van der Waals surface area contributed by atoms with Crippen molar-refractivity contribution in [2.24, 2.45) is 5.41 Å². The molecule has 0 saturated carbocycles. The van der Waals surface area contributed by atoms with Crippen molar-refractivity contribution in [1.82, 2.24) is 5.32 Å². The lowest BCUT2D eigenvalue weighted by molar-refractivity contribution is -0.139. The van der Waals surface area contributed by atoms with Gasteiger partial charge in [0.05, 0.1) is 13.7 Å². The smallest absolute Gasteiger partial charge is 0.319 e. The Morgan fingerprint density at radius 1 is 1.50 bits per heavy atom. The van der Waals surface area contributed by atoms with Crippen molar-refractivity contribution in [3.63, 3.8) is 0 Å². The summed E-state index contributed by atoms with van der Waals surface area (Å²) < 4.78 is 4.50. The van der Waals surface area contributed by atoms with E-state index in [1.807, 2.05) is 0 Å². The average molecular weight is 173 g/mol. The molecule has 0 rings (SSSR count). The number of carbonyl (C=O) groups is 1. The Kier molecular flexibility index (Phi) is 4.90. The highest BCUT2D eigenvalue weighted by Gasteiger charge is 2.14. The number of nitrogens with one attached hydrogen (secondary N) is 1. The van der Waals surface area contributed by atoms with Crippen molar-refractivity contribution in [2.75, 3.05) is 20.2 Å². The number of hydrogen-bond acceptors (Lipinski definition) is 3. The molecule has 0 amide bonds. The third-order valence-electron chi connectivity index (χ3n) is 2.06. The molecule has 0 aromatic heterocycles. The largest absolute Gasteiger partial charge is 0.468 e. The maximum Gasteiger partial charge on any atom is 0.319 e. The van der Waals surface area contributed by atoms with Crippen LogP contribution in [0.15, 0.2) is 0 Å². The van der Waals surface area contributed by atoms with Gasteiger partial charge in [-0.25, -0.2) is 0 Å². The van der Waals surface area contributed by atoms with Gasteiger partial charge in [-0.05, 0) is 11.8 Å². The van der Waals surface area contributed by atoms with Crippen LogP contribution in [0, 0.1) is 5.41 Å². The van der Waals surface area contributed by atoms with Crippen LogP contribution in [0.25, 0.3) is 0 Å². The van der Waals surface area contributed by atoms with Crippen LogP contribution < -0.4 is 5.32 Å². The number of carbonyl (C=O) groups excluding carboxylic acids is 1. The lowest BCUT2D eigenvalue weighted by atomic mass is 9.90. The first-order valence-corrected chi connectivity index (χ1v) is 4.29. The zero-order chi connectivity index (χ0) is 9.61. The second-order valence-corrected chi connectivity index (χ2v) is 3.70. The van der Waals surface area contributed by atoms with Crippen molar-refractivity contribution in [2.45, 2.75) is 27.2 Å². The fraction of sp³-hybridized carbons (Fsp3) is 0.889. The van der Waals surface area contributed by atoms with E-state index >= 15 is 0 Å². The van der Waals surface area contributed by atoms with E-state index in [-0.39, 0.29) is 11.4 Å². The van der Waals surface area contributed by atoms with Crippen LogP contribution in [-0.2, 0) is 9.53 Å². The SMILES string of the molecule is CCC(C)(C)CNCC(=O)OC. The van der Waals surface area contributed by atoms with Gasteiger partial charge in [-0.3, -0.25) is 4.79 Å². The van der Waals surface area contributed by atoms with E-state index in [4.69, 9.17) is 0 Å². The van der Waals surface area contributed by atoms with E-state index in [0.29, 0.717) is 6.54 Å². The maximum atomic E-state index is 10.7. The van der Waals surface area contributed by atoms with E-state index in [2.05, 4.69) is 30.8 Å². The van der Waals surface area contributed by atoms with Crippen molar-refractivity contribution in [1.29, 1.82) is 0 Å². The molecule has 0 heterocycles. The molecule has 0 spiro atoms. The molecule has 0 radical (unpaired) electrons. The third kappa shape index (κ3) is 5.13. The molecule has 0 unspecified atom stereocenters. The number of rotatable bonds is 5. The van der Waals surface area contributed by atoms with Gasteiger partial charge in [-0.15, -0.1) is 0 Å². The minimum atomic E-state index is -0.207. The Hall–Kier alpha value is -0.570. The number of methoxy groups -OCH3 is 1. The summed E-state index contributed by atoms with van der Waals surface area (Å²) >= 11 is 0. The Labute approximate surface area is 74.5 Å². The third-order valence-corrected chi connectivity index (χ3v) is 2.06. The van der Waals surface area contributed by atoms with Crippen LogP contribution in [-0.4, -0.2) is 26.2 Å². The molecule has 0 bridgehead atoms. The molecule has 0 aromatic carbocycles. The normalized spacial score (nSPS) is 11.3. The summed E-state index contributed by atoms with van der Waals surface area (Å²) in [5, 5.41) is 3.05. The van der Waals surface area contributed by atoms with Gasteiger partial charge in [0.2, 0.25) is 0 Å². The van der Waals surface area contributed by atoms with Crippen LogP contribution in [0.3, 0.4) is 0 Å². The van der Waals surface area contributed by atoms with Crippen LogP contribution >= 0.6 is 0 Å². The first kappa shape index (κ1) is 11.4. The van der Waals surface area contributed by atoms with Crippen molar-refractivity contribution in [3.05, 3.63) is 0 Å². The van der Waals surface area contributed by atoms with Gasteiger partial charge in [-0.1, -0.05) is 20.8 Å². The van der Waals surface area contributed by atoms with Gasteiger partial charge in [-0.2, -0.15) is 0 Å². The lowest BCUT2D eigenvalue weighted by Gasteiger charge is -2.22. The summed E-state index contributed by atoms with van der Waals surface area (Å²) in [6.07, 6.45) is 1.10. The Morgan fingerprint density at radius 2 is 2.08 bits per heavy atom. The van der Waals surface area contributed by atoms with E-state index in [9.17, 15) is 4.79 Å². The molecule has 0 fully saturated rings. The number of esters is 1. The average Bonchev–Trinajstić information content (AvgIpc) is 2.04. The van der Waals surface area contributed by atoms with E-state index in [1.54, 1.807) is 0 Å². The predicted molar refractivity (Wildman–Crippen MR) is 49.0 cm³/mol. The molecule has 0 aromatic rings. The molecule has 72 valence electrons. The first-order chi connectivity index (χ1) is 5.52. The molecule has 12 heavy (non-hydrogen) atoms. The zero-order valence-electron chi connectivity index (χ0n) is 8.44. The Balaban J connectivity index is 3.49. The van der Waals surface area contributed by atoms with Gasteiger partial charge < -0.3 is 10.1 Å². The van der Waals surface area contributed by atoms with Gasteiger partial charge in [0.1, 0.15) is 0 Å². The Morgan fingerprint density at radius 3 is 2.50 bits per heavy atom. The zero-order valence-corrected chi connectivity index (χ0v) is 8.44. The Bertz CT molecular complexity index is 143. The molecule has 0 aliphatic heterocycles. The number of hydrogen-bond donors (Lipinski definition) is 1. The first-order valence-electron chi connectivity index (χ1n) is 4.29. The topological polar surface area (TPSA) is 38.3 Å². The molecular formula is C9H19NO2. The summed E-state index contributed by atoms with van der Waals surface area (Å²) in [5.74, 6) is -0.207. The minimum absolute atomic E-state index is 0.207. The van der Waals surface area contributed by atoms with Gasteiger partial charge in [0, 0.05) is 6.54 Å². The van der Waals surface area contributed by atoms with Crippen LogP contribution in [0.4, 0.5) is 0 Å². The molecular weight excluding hydrogens is 154 g/mol. The fourth-order valence-corrected chi connectivity index (χ4v) is 0.700. The van der Waals surface area contributed by atoms with Crippen molar-refractivity contribution >= 4 is 5.97 Å².